The summed E-state index contributed by atoms with van der Waals surface area (Å²) < 4.78 is 0. The van der Waals surface area contributed by atoms with E-state index in [1.54, 1.807) is 30.3 Å². The van der Waals surface area contributed by atoms with Crippen molar-refractivity contribution >= 4 is 34.7 Å². The van der Waals surface area contributed by atoms with Gasteiger partial charge in [-0.25, -0.2) is 0 Å². The van der Waals surface area contributed by atoms with Gasteiger partial charge in [-0.3, -0.25) is 4.79 Å². The van der Waals surface area contributed by atoms with E-state index in [1.165, 1.54) is 0 Å². The van der Waals surface area contributed by atoms with E-state index in [9.17, 15) is 4.79 Å². The van der Waals surface area contributed by atoms with Crippen LogP contribution in [0.25, 0.3) is 0 Å². The van der Waals surface area contributed by atoms with E-state index in [1.807, 2.05) is 37.3 Å². The van der Waals surface area contributed by atoms with E-state index < -0.39 is 0 Å². The molecule has 24 heavy (non-hydrogen) atoms. The summed E-state index contributed by atoms with van der Waals surface area (Å²) in [6.07, 6.45) is 0. The van der Waals surface area contributed by atoms with Crippen LogP contribution in [-0.4, -0.2) is 16.1 Å². The molecule has 0 aliphatic carbocycles. The first-order chi connectivity index (χ1) is 11.6. The van der Waals surface area contributed by atoms with Crippen LogP contribution >= 0.6 is 11.6 Å². The zero-order valence-electron chi connectivity index (χ0n) is 13.0. The van der Waals surface area contributed by atoms with Crippen molar-refractivity contribution in [1.82, 2.24) is 10.2 Å². The van der Waals surface area contributed by atoms with Crippen LogP contribution in [0.3, 0.4) is 0 Å². The Kier molecular flexibility index (Phi) is 4.72. The first-order valence-corrected chi connectivity index (χ1v) is 7.73. The molecule has 0 atom stereocenters. The van der Waals surface area contributed by atoms with E-state index in [2.05, 4.69) is 20.8 Å². The Morgan fingerprint density at radius 2 is 1.75 bits per heavy atom. The number of benzene rings is 2. The molecule has 3 rings (SSSR count). The fraction of sp³-hybridized carbons (Fsp3) is 0.0556. The number of anilines is 3. The lowest BCUT2D eigenvalue weighted by Gasteiger charge is -2.09. The van der Waals surface area contributed by atoms with Gasteiger partial charge in [0.1, 0.15) is 0 Å². The van der Waals surface area contributed by atoms with Crippen molar-refractivity contribution in [2.45, 2.75) is 6.92 Å². The summed E-state index contributed by atoms with van der Waals surface area (Å²) in [6, 6.07) is 18.3. The molecule has 2 N–H and O–H groups in total. The van der Waals surface area contributed by atoms with Crippen LogP contribution in [0.2, 0.25) is 5.02 Å². The standard InChI is InChI=1S/C18H15ClN4O/c1-12-14(19)8-5-9-15(12)21-18(24)16-10-11-17(23-22-16)20-13-6-3-2-4-7-13/h2-11H,1H3,(H,20,23)(H,21,24). The molecule has 1 aromatic heterocycles. The summed E-state index contributed by atoms with van der Waals surface area (Å²) in [6.45, 7) is 1.84. The summed E-state index contributed by atoms with van der Waals surface area (Å²) in [5.74, 6) is 0.232. The first-order valence-electron chi connectivity index (χ1n) is 7.36. The lowest BCUT2D eigenvalue weighted by atomic mass is 10.2. The van der Waals surface area contributed by atoms with Crippen LogP contribution in [0.5, 0.6) is 0 Å². The molecule has 0 spiro atoms. The molecule has 0 fully saturated rings. The Balaban J connectivity index is 1.71. The van der Waals surface area contributed by atoms with Gasteiger partial charge in [-0.2, -0.15) is 0 Å². The highest BCUT2D eigenvalue weighted by Gasteiger charge is 2.11. The fourth-order valence-electron chi connectivity index (χ4n) is 2.12. The van der Waals surface area contributed by atoms with Crippen molar-refractivity contribution in [1.29, 1.82) is 0 Å². The average molecular weight is 339 g/mol. The molecule has 5 nitrogen and oxygen atoms in total. The average Bonchev–Trinajstić information content (AvgIpc) is 2.60. The number of nitrogens with one attached hydrogen (secondary N) is 2. The molecular weight excluding hydrogens is 324 g/mol. The molecule has 6 heteroatoms. The second-order valence-corrected chi connectivity index (χ2v) is 5.57. The molecule has 0 aliphatic rings. The van der Waals surface area contributed by atoms with Crippen LogP contribution in [0.1, 0.15) is 16.1 Å². The molecule has 0 radical (unpaired) electrons. The van der Waals surface area contributed by atoms with E-state index in [4.69, 9.17) is 11.6 Å². The monoisotopic (exact) mass is 338 g/mol. The summed E-state index contributed by atoms with van der Waals surface area (Å²) in [5.41, 5.74) is 2.59. The lowest BCUT2D eigenvalue weighted by molar-refractivity contribution is 0.102. The fourth-order valence-corrected chi connectivity index (χ4v) is 2.29. The number of aromatic nitrogens is 2. The summed E-state index contributed by atoms with van der Waals surface area (Å²) in [4.78, 5) is 12.3. The first kappa shape index (κ1) is 16.0. The number of rotatable bonds is 4. The highest BCUT2D eigenvalue weighted by molar-refractivity contribution is 6.31. The zero-order chi connectivity index (χ0) is 16.9. The van der Waals surface area contributed by atoms with Crippen molar-refractivity contribution in [2.24, 2.45) is 0 Å². The van der Waals surface area contributed by atoms with Gasteiger partial charge in [0.2, 0.25) is 0 Å². The predicted molar refractivity (Wildman–Crippen MR) is 95.9 cm³/mol. The minimum absolute atomic E-state index is 0.230. The molecule has 0 saturated heterocycles. The molecule has 3 aromatic rings. The Labute approximate surface area is 144 Å². The van der Waals surface area contributed by atoms with Gasteiger partial charge in [0.15, 0.2) is 11.5 Å². The number of carbonyl (C=O) groups is 1. The summed E-state index contributed by atoms with van der Waals surface area (Å²) >= 11 is 6.05. The van der Waals surface area contributed by atoms with E-state index in [0.29, 0.717) is 16.5 Å². The van der Waals surface area contributed by atoms with Gasteiger partial charge in [0, 0.05) is 16.4 Å². The van der Waals surface area contributed by atoms with Crippen LogP contribution in [-0.2, 0) is 0 Å². The Morgan fingerprint density at radius 1 is 0.958 bits per heavy atom. The number of nitrogens with zero attached hydrogens (tertiary/aromatic N) is 2. The Morgan fingerprint density at radius 3 is 2.46 bits per heavy atom. The molecule has 0 unspecified atom stereocenters. The van der Waals surface area contributed by atoms with Crippen molar-refractivity contribution in [2.75, 3.05) is 10.6 Å². The van der Waals surface area contributed by atoms with Crippen LogP contribution in [0.4, 0.5) is 17.2 Å². The van der Waals surface area contributed by atoms with Gasteiger partial charge in [0.25, 0.3) is 5.91 Å². The van der Waals surface area contributed by atoms with Crippen molar-refractivity contribution in [3.8, 4) is 0 Å². The molecular formula is C18H15ClN4O. The van der Waals surface area contributed by atoms with Gasteiger partial charge in [0.05, 0.1) is 0 Å². The molecule has 0 aliphatic heterocycles. The smallest absolute Gasteiger partial charge is 0.276 e. The van der Waals surface area contributed by atoms with Crippen molar-refractivity contribution in [3.63, 3.8) is 0 Å². The van der Waals surface area contributed by atoms with Gasteiger partial charge in [-0.05, 0) is 48.9 Å². The maximum atomic E-state index is 12.3. The second-order valence-electron chi connectivity index (χ2n) is 5.16. The molecule has 0 bridgehead atoms. The van der Waals surface area contributed by atoms with Crippen molar-refractivity contribution in [3.05, 3.63) is 76.9 Å². The minimum Gasteiger partial charge on any atom is -0.339 e. The number of carbonyl (C=O) groups excluding carboxylic acids is 1. The Bertz CT molecular complexity index is 851. The Hall–Kier alpha value is -2.92. The minimum atomic E-state index is -0.334. The predicted octanol–water partition coefficient (Wildman–Crippen LogP) is 4.43. The topological polar surface area (TPSA) is 66.9 Å². The SMILES string of the molecule is Cc1c(Cl)cccc1NC(=O)c1ccc(Nc2ccccc2)nn1. The number of hydrogen-bond acceptors (Lipinski definition) is 4. The lowest BCUT2D eigenvalue weighted by Crippen LogP contribution is -2.15. The van der Waals surface area contributed by atoms with Crippen molar-refractivity contribution < 1.29 is 4.79 Å². The van der Waals surface area contributed by atoms with Gasteiger partial charge in [-0.15, -0.1) is 10.2 Å². The third-order valence-corrected chi connectivity index (χ3v) is 3.87. The zero-order valence-corrected chi connectivity index (χ0v) is 13.7. The second kappa shape index (κ2) is 7.10. The number of para-hydroxylation sites is 1. The van der Waals surface area contributed by atoms with Gasteiger partial charge >= 0.3 is 0 Å². The molecule has 2 aromatic carbocycles. The number of halogens is 1. The van der Waals surface area contributed by atoms with Crippen LogP contribution < -0.4 is 10.6 Å². The molecule has 1 amide bonds. The number of amides is 1. The summed E-state index contributed by atoms with van der Waals surface area (Å²) in [5, 5.41) is 14.5. The number of hydrogen-bond donors (Lipinski definition) is 2. The van der Waals surface area contributed by atoms with Crippen LogP contribution in [0.15, 0.2) is 60.7 Å². The van der Waals surface area contributed by atoms with E-state index in [0.717, 1.165) is 11.3 Å². The molecule has 1 heterocycles. The maximum Gasteiger partial charge on any atom is 0.276 e. The molecule has 0 saturated carbocycles. The third kappa shape index (κ3) is 3.70. The normalized spacial score (nSPS) is 10.2. The van der Waals surface area contributed by atoms with Gasteiger partial charge < -0.3 is 10.6 Å². The van der Waals surface area contributed by atoms with Crippen LogP contribution in [0, 0.1) is 6.92 Å². The largest absolute Gasteiger partial charge is 0.339 e. The van der Waals surface area contributed by atoms with Gasteiger partial charge in [-0.1, -0.05) is 35.9 Å². The maximum absolute atomic E-state index is 12.3. The quantitative estimate of drug-likeness (QED) is 0.738. The summed E-state index contributed by atoms with van der Waals surface area (Å²) in [7, 11) is 0. The van der Waals surface area contributed by atoms with E-state index >= 15 is 0 Å². The highest BCUT2D eigenvalue weighted by Crippen LogP contribution is 2.23. The third-order valence-electron chi connectivity index (χ3n) is 3.46. The highest BCUT2D eigenvalue weighted by atomic mass is 35.5. The van der Waals surface area contributed by atoms with E-state index in [-0.39, 0.29) is 11.6 Å². The molecule has 120 valence electrons.